The number of nitrogens with one attached hydrogen (secondary N) is 1. The lowest BCUT2D eigenvalue weighted by Gasteiger charge is -2.11. The van der Waals surface area contributed by atoms with Crippen LogP contribution in [0.25, 0.3) is 6.08 Å². The second-order valence-electron chi connectivity index (χ2n) is 5.28. The Balaban J connectivity index is 2.10. The maximum atomic E-state index is 12.2. The molecule has 0 bridgehead atoms. The Labute approximate surface area is 136 Å². The van der Waals surface area contributed by atoms with Gasteiger partial charge in [0.05, 0.1) is 16.7 Å². The Hall–Kier alpha value is -1.50. The monoisotopic (exact) mass is 336 g/mol. The molecule has 0 saturated carbocycles. The molecule has 6 heteroatoms. The van der Waals surface area contributed by atoms with Crippen molar-refractivity contribution in [3.63, 3.8) is 0 Å². The van der Waals surface area contributed by atoms with E-state index in [9.17, 15) is 8.42 Å². The molecule has 0 aliphatic heterocycles. The van der Waals surface area contributed by atoms with Crippen LogP contribution >= 0.6 is 11.3 Å². The molecule has 2 rings (SSSR count). The summed E-state index contributed by atoms with van der Waals surface area (Å²) in [6, 6.07) is 7.39. The van der Waals surface area contributed by atoms with Crippen molar-refractivity contribution >= 4 is 27.4 Å². The van der Waals surface area contributed by atoms with Gasteiger partial charge in [0.1, 0.15) is 0 Å². The summed E-state index contributed by atoms with van der Waals surface area (Å²) in [5.74, 6) is 0. The average Bonchev–Trinajstić information content (AvgIpc) is 2.77. The molecule has 4 nitrogen and oxygen atoms in total. The molecule has 1 N–H and O–H groups in total. The molecule has 0 saturated heterocycles. The van der Waals surface area contributed by atoms with Crippen molar-refractivity contribution in [3.05, 3.63) is 56.4 Å². The van der Waals surface area contributed by atoms with Crippen molar-refractivity contribution in [2.45, 2.75) is 33.7 Å². The highest BCUT2D eigenvalue weighted by Gasteiger charge is 2.17. The highest BCUT2D eigenvalue weighted by Crippen LogP contribution is 2.25. The number of thiazole rings is 1. The van der Waals surface area contributed by atoms with E-state index in [1.165, 1.54) is 16.7 Å². The molecule has 1 aromatic heterocycles. The predicted molar refractivity (Wildman–Crippen MR) is 92.3 cm³/mol. The lowest BCUT2D eigenvalue weighted by molar-refractivity contribution is 0.577. The molecular weight excluding hydrogens is 316 g/mol. The van der Waals surface area contributed by atoms with Gasteiger partial charge in [-0.1, -0.05) is 29.8 Å². The summed E-state index contributed by atoms with van der Waals surface area (Å²) in [5, 5.41) is 2.14. The van der Waals surface area contributed by atoms with Gasteiger partial charge in [-0.15, -0.1) is 11.3 Å². The van der Waals surface area contributed by atoms with E-state index in [-0.39, 0.29) is 6.04 Å². The number of rotatable bonds is 5. The Morgan fingerprint density at radius 1 is 1.18 bits per heavy atom. The minimum Gasteiger partial charge on any atom is -0.247 e. The van der Waals surface area contributed by atoms with E-state index in [0.29, 0.717) is 0 Å². The maximum Gasteiger partial charge on any atom is 0.234 e. The van der Waals surface area contributed by atoms with Crippen molar-refractivity contribution in [1.29, 1.82) is 0 Å². The lowest BCUT2D eigenvalue weighted by Crippen LogP contribution is -2.24. The summed E-state index contributed by atoms with van der Waals surface area (Å²) < 4.78 is 27.0. The minimum absolute atomic E-state index is 0.293. The van der Waals surface area contributed by atoms with Crippen LogP contribution in [0.15, 0.2) is 29.7 Å². The maximum absolute atomic E-state index is 12.2. The number of aryl methyl sites for hydroxylation is 3. The first kappa shape index (κ1) is 16.9. The van der Waals surface area contributed by atoms with Crippen LogP contribution in [0.5, 0.6) is 0 Å². The number of nitrogens with zero attached hydrogens (tertiary/aromatic N) is 1. The second kappa shape index (κ2) is 6.73. The normalized spacial score (nSPS) is 13.6. The third kappa shape index (κ3) is 4.50. The largest absolute Gasteiger partial charge is 0.247 e. The first-order chi connectivity index (χ1) is 10.3. The van der Waals surface area contributed by atoms with Crippen LogP contribution in [0.4, 0.5) is 0 Å². The summed E-state index contributed by atoms with van der Waals surface area (Å²) >= 11 is 1.52. The third-order valence-corrected chi connectivity index (χ3v) is 5.62. The zero-order chi connectivity index (χ0) is 16.3. The molecule has 1 atom stereocenters. The van der Waals surface area contributed by atoms with Crippen molar-refractivity contribution in [2.24, 2.45) is 0 Å². The van der Waals surface area contributed by atoms with Crippen molar-refractivity contribution in [2.75, 3.05) is 0 Å². The number of hydrogen-bond acceptors (Lipinski definition) is 4. The SMILES string of the molecule is Cc1ccc(/C=C/S(=O)(=O)NC(C)c2sc(C)nc2C)cc1. The fourth-order valence-corrected chi connectivity index (χ4v) is 4.16. The Kier molecular flexibility index (Phi) is 5.16. The van der Waals surface area contributed by atoms with E-state index in [0.717, 1.165) is 26.7 Å². The van der Waals surface area contributed by atoms with Gasteiger partial charge in [0.25, 0.3) is 0 Å². The summed E-state index contributed by atoms with van der Waals surface area (Å²) in [6.07, 6.45) is 1.60. The molecule has 2 aromatic rings. The smallest absolute Gasteiger partial charge is 0.234 e. The molecule has 0 aliphatic rings. The van der Waals surface area contributed by atoms with Gasteiger partial charge in [0, 0.05) is 10.3 Å². The zero-order valence-electron chi connectivity index (χ0n) is 13.1. The molecule has 0 fully saturated rings. The molecule has 22 heavy (non-hydrogen) atoms. The molecule has 1 heterocycles. The number of benzene rings is 1. The van der Waals surface area contributed by atoms with Gasteiger partial charge in [0.15, 0.2) is 0 Å². The van der Waals surface area contributed by atoms with Crippen LogP contribution in [0.1, 0.15) is 39.7 Å². The van der Waals surface area contributed by atoms with Crippen LogP contribution in [0.2, 0.25) is 0 Å². The quantitative estimate of drug-likeness (QED) is 0.905. The van der Waals surface area contributed by atoms with Gasteiger partial charge < -0.3 is 0 Å². The van der Waals surface area contributed by atoms with Crippen LogP contribution in [0.3, 0.4) is 0 Å². The highest BCUT2D eigenvalue weighted by atomic mass is 32.2. The van der Waals surface area contributed by atoms with Crippen LogP contribution in [0, 0.1) is 20.8 Å². The molecule has 0 radical (unpaired) electrons. The van der Waals surface area contributed by atoms with E-state index in [2.05, 4.69) is 9.71 Å². The van der Waals surface area contributed by atoms with Crippen LogP contribution in [-0.2, 0) is 10.0 Å². The third-order valence-electron chi connectivity index (χ3n) is 3.19. The molecular formula is C16H20N2O2S2. The topological polar surface area (TPSA) is 59.1 Å². The second-order valence-corrected chi connectivity index (χ2v) is 8.11. The minimum atomic E-state index is -3.50. The van der Waals surface area contributed by atoms with E-state index in [1.54, 1.807) is 6.08 Å². The Bertz CT molecular complexity index is 775. The number of hydrogen-bond donors (Lipinski definition) is 1. The molecule has 1 aromatic carbocycles. The Morgan fingerprint density at radius 3 is 2.36 bits per heavy atom. The highest BCUT2D eigenvalue weighted by molar-refractivity contribution is 7.92. The van der Waals surface area contributed by atoms with Crippen LogP contribution in [-0.4, -0.2) is 13.4 Å². The van der Waals surface area contributed by atoms with Gasteiger partial charge in [-0.25, -0.2) is 18.1 Å². The number of aromatic nitrogens is 1. The number of sulfonamides is 1. The predicted octanol–water partition coefficient (Wildman–Crippen LogP) is 3.72. The van der Waals surface area contributed by atoms with E-state index >= 15 is 0 Å². The van der Waals surface area contributed by atoms with Gasteiger partial charge in [-0.3, -0.25) is 0 Å². The molecule has 0 aliphatic carbocycles. The first-order valence-electron chi connectivity index (χ1n) is 6.98. The van der Waals surface area contributed by atoms with Gasteiger partial charge in [-0.2, -0.15) is 0 Å². The zero-order valence-corrected chi connectivity index (χ0v) is 14.8. The molecule has 0 amide bonds. The van der Waals surface area contributed by atoms with E-state index in [4.69, 9.17) is 0 Å². The average molecular weight is 336 g/mol. The Morgan fingerprint density at radius 2 is 1.82 bits per heavy atom. The van der Waals surface area contributed by atoms with Crippen molar-refractivity contribution in [1.82, 2.24) is 9.71 Å². The van der Waals surface area contributed by atoms with Gasteiger partial charge in [0.2, 0.25) is 10.0 Å². The summed E-state index contributed by atoms with van der Waals surface area (Å²) in [5.41, 5.74) is 2.87. The van der Waals surface area contributed by atoms with Crippen molar-refractivity contribution in [3.8, 4) is 0 Å². The molecule has 1 unspecified atom stereocenters. The van der Waals surface area contributed by atoms with Gasteiger partial charge >= 0.3 is 0 Å². The first-order valence-corrected chi connectivity index (χ1v) is 9.34. The van der Waals surface area contributed by atoms with E-state index < -0.39 is 10.0 Å². The van der Waals surface area contributed by atoms with Gasteiger partial charge in [-0.05, 0) is 39.3 Å². The standard InChI is InChI=1S/C16H20N2O2S2/c1-11-5-7-15(8-6-11)9-10-22(19,20)18-13(3)16-12(2)17-14(4)21-16/h5-10,13,18H,1-4H3/b10-9+. The summed E-state index contributed by atoms with van der Waals surface area (Å²) in [7, 11) is -3.50. The fraction of sp³-hybridized carbons (Fsp3) is 0.312. The fourth-order valence-electron chi connectivity index (χ4n) is 2.13. The van der Waals surface area contributed by atoms with Crippen molar-refractivity contribution < 1.29 is 8.42 Å². The lowest BCUT2D eigenvalue weighted by atomic mass is 10.2. The summed E-state index contributed by atoms with van der Waals surface area (Å²) in [6.45, 7) is 7.63. The molecule has 118 valence electrons. The van der Waals surface area contributed by atoms with Crippen LogP contribution < -0.4 is 4.72 Å². The van der Waals surface area contributed by atoms with E-state index in [1.807, 2.05) is 52.0 Å². The molecule has 0 spiro atoms. The summed E-state index contributed by atoms with van der Waals surface area (Å²) in [4.78, 5) is 5.28.